The van der Waals surface area contributed by atoms with E-state index in [1.165, 1.54) is 0 Å². The Balaban J connectivity index is 1.75. The average molecular weight is 260 g/mol. The summed E-state index contributed by atoms with van der Waals surface area (Å²) < 4.78 is 5.80. The summed E-state index contributed by atoms with van der Waals surface area (Å²) in [6, 6.07) is 2.44. The highest BCUT2D eigenvalue weighted by Crippen LogP contribution is 2.25. The third-order valence-electron chi connectivity index (χ3n) is 3.75. The summed E-state index contributed by atoms with van der Waals surface area (Å²) in [5.41, 5.74) is 0.880. The number of anilines is 1. The molecule has 5 heteroatoms. The average Bonchev–Trinajstić information content (AvgIpc) is 2.88. The van der Waals surface area contributed by atoms with Crippen LogP contribution in [-0.4, -0.2) is 33.7 Å². The van der Waals surface area contributed by atoms with Crippen LogP contribution < -0.4 is 5.32 Å². The lowest BCUT2D eigenvalue weighted by molar-refractivity contribution is -0.0161. The van der Waals surface area contributed by atoms with Crippen molar-refractivity contribution in [3.05, 3.63) is 18.6 Å². The summed E-state index contributed by atoms with van der Waals surface area (Å²) in [4.78, 5) is 11.7. The van der Waals surface area contributed by atoms with Crippen LogP contribution in [0.3, 0.4) is 0 Å². The first kappa shape index (κ1) is 12.4. The predicted molar refractivity (Wildman–Crippen MR) is 75.1 cm³/mol. The molecular formula is C14H20N4O. The van der Waals surface area contributed by atoms with Crippen molar-refractivity contribution in [1.82, 2.24) is 15.0 Å². The first-order valence-electron chi connectivity index (χ1n) is 6.90. The molecule has 2 N–H and O–H groups in total. The molecule has 1 saturated heterocycles. The molecule has 0 aromatic carbocycles. The van der Waals surface area contributed by atoms with Crippen LogP contribution in [0.2, 0.25) is 0 Å². The maximum atomic E-state index is 5.80. The second kappa shape index (κ2) is 5.17. The molecule has 2 atom stereocenters. The van der Waals surface area contributed by atoms with E-state index in [0.717, 1.165) is 36.3 Å². The summed E-state index contributed by atoms with van der Waals surface area (Å²) in [5.74, 6) is 1.47. The van der Waals surface area contributed by atoms with Gasteiger partial charge in [0.15, 0.2) is 0 Å². The number of hydrogen-bond donors (Lipinski definition) is 2. The Labute approximate surface area is 112 Å². The second-order valence-electron chi connectivity index (χ2n) is 5.48. The van der Waals surface area contributed by atoms with Crippen molar-refractivity contribution in [3.63, 3.8) is 0 Å². The summed E-state index contributed by atoms with van der Waals surface area (Å²) in [7, 11) is 0. The maximum Gasteiger partial charge on any atom is 0.142 e. The third kappa shape index (κ3) is 2.56. The van der Waals surface area contributed by atoms with Gasteiger partial charge in [-0.2, -0.15) is 0 Å². The molecule has 1 aliphatic heterocycles. The molecule has 3 rings (SSSR count). The van der Waals surface area contributed by atoms with Crippen LogP contribution in [0, 0.1) is 5.92 Å². The van der Waals surface area contributed by atoms with Gasteiger partial charge in [-0.15, -0.1) is 0 Å². The van der Waals surface area contributed by atoms with Crippen molar-refractivity contribution in [3.8, 4) is 0 Å². The molecule has 0 amide bonds. The summed E-state index contributed by atoms with van der Waals surface area (Å²) in [6.07, 6.45) is 5.90. The minimum absolute atomic E-state index is 0.342. The van der Waals surface area contributed by atoms with E-state index in [1.54, 1.807) is 6.33 Å². The van der Waals surface area contributed by atoms with Gasteiger partial charge in [0.2, 0.25) is 0 Å². The Morgan fingerprint density at radius 1 is 1.42 bits per heavy atom. The Morgan fingerprint density at radius 2 is 2.32 bits per heavy atom. The number of nitrogens with one attached hydrogen (secondary N) is 2. The number of fused-ring (bicyclic) bond motifs is 1. The molecular weight excluding hydrogens is 240 g/mol. The third-order valence-corrected chi connectivity index (χ3v) is 3.75. The van der Waals surface area contributed by atoms with Crippen LogP contribution in [0.1, 0.15) is 26.7 Å². The Hall–Kier alpha value is -1.62. The van der Waals surface area contributed by atoms with Crippen molar-refractivity contribution in [1.29, 1.82) is 0 Å². The molecule has 0 saturated carbocycles. The van der Waals surface area contributed by atoms with Crippen LogP contribution in [0.25, 0.3) is 11.0 Å². The molecule has 0 spiro atoms. The van der Waals surface area contributed by atoms with Crippen molar-refractivity contribution in [2.75, 3.05) is 11.9 Å². The highest BCUT2D eigenvalue weighted by Gasteiger charge is 2.25. The van der Waals surface area contributed by atoms with Gasteiger partial charge in [-0.1, -0.05) is 13.8 Å². The minimum atomic E-state index is 0.342. The van der Waals surface area contributed by atoms with Gasteiger partial charge in [0.1, 0.15) is 17.8 Å². The molecule has 0 unspecified atom stereocenters. The van der Waals surface area contributed by atoms with Crippen LogP contribution in [-0.2, 0) is 4.74 Å². The van der Waals surface area contributed by atoms with Gasteiger partial charge in [0.05, 0.1) is 11.5 Å². The number of hydrogen-bond acceptors (Lipinski definition) is 4. The van der Waals surface area contributed by atoms with Crippen LogP contribution >= 0.6 is 0 Å². The van der Waals surface area contributed by atoms with Gasteiger partial charge in [0, 0.05) is 18.8 Å². The number of rotatable bonds is 3. The standard InChI is InChI=1S/C14H20N4O/c1-9(2)12-7-10(4-6-19-12)18-14-11-3-5-15-13(11)16-8-17-14/h3,5,8-10,12H,4,6-7H2,1-2H3,(H2,15,16,17,18)/t10-,12+/m1/s1. The Bertz CT molecular complexity index is 551. The normalized spacial score (nSPS) is 23.9. The zero-order valence-electron chi connectivity index (χ0n) is 11.4. The maximum absolute atomic E-state index is 5.80. The number of ether oxygens (including phenoxy) is 1. The Morgan fingerprint density at radius 3 is 3.16 bits per heavy atom. The van der Waals surface area contributed by atoms with Gasteiger partial charge in [-0.3, -0.25) is 0 Å². The van der Waals surface area contributed by atoms with Crippen molar-refractivity contribution in [2.45, 2.75) is 38.8 Å². The van der Waals surface area contributed by atoms with E-state index in [1.807, 2.05) is 12.3 Å². The molecule has 0 radical (unpaired) electrons. The van der Waals surface area contributed by atoms with Crippen LogP contribution in [0.4, 0.5) is 5.82 Å². The summed E-state index contributed by atoms with van der Waals surface area (Å²) in [6.45, 7) is 5.24. The molecule has 19 heavy (non-hydrogen) atoms. The molecule has 1 aliphatic rings. The van der Waals surface area contributed by atoms with E-state index >= 15 is 0 Å². The lowest BCUT2D eigenvalue weighted by Crippen LogP contribution is -2.36. The number of aromatic amines is 1. The van der Waals surface area contributed by atoms with Gasteiger partial charge >= 0.3 is 0 Å². The molecule has 2 aromatic rings. The number of aromatic nitrogens is 3. The zero-order valence-corrected chi connectivity index (χ0v) is 11.4. The van der Waals surface area contributed by atoms with Crippen molar-refractivity contribution in [2.24, 2.45) is 5.92 Å². The fraction of sp³-hybridized carbons (Fsp3) is 0.571. The number of nitrogens with zero attached hydrogens (tertiary/aromatic N) is 2. The Kier molecular flexibility index (Phi) is 3.38. The SMILES string of the molecule is CC(C)[C@@H]1C[C@H](Nc2ncnc3[nH]ccc23)CCO1. The topological polar surface area (TPSA) is 62.8 Å². The van der Waals surface area contributed by atoms with E-state index in [0.29, 0.717) is 18.1 Å². The lowest BCUT2D eigenvalue weighted by atomic mass is 9.95. The lowest BCUT2D eigenvalue weighted by Gasteiger charge is -2.32. The van der Waals surface area contributed by atoms with Gasteiger partial charge in [-0.05, 0) is 24.8 Å². The van der Waals surface area contributed by atoms with Crippen LogP contribution in [0.5, 0.6) is 0 Å². The first-order chi connectivity index (χ1) is 9.24. The van der Waals surface area contributed by atoms with E-state index in [2.05, 4.69) is 34.1 Å². The van der Waals surface area contributed by atoms with E-state index in [4.69, 9.17) is 4.74 Å². The molecule has 1 fully saturated rings. The molecule has 3 heterocycles. The molecule has 2 aromatic heterocycles. The van der Waals surface area contributed by atoms with Gasteiger partial charge in [-0.25, -0.2) is 9.97 Å². The van der Waals surface area contributed by atoms with Crippen LogP contribution in [0.15, 0.2) is 18.6 Å². The zero-order chi connectivity index (χ0) is 13.2. The van der Waals surface area contributed by atoms with Gasteiger partial charge < -0.3 is 15.0 Å². The summed E-state index contributed by atoms with van der Waals surface area (Å²) >= 11 is 0. The van der Waals surface area contributed by atoms with E-state index in [9.17, 15) is 0 Å². The quantitative estimate of drug-likeness (QED) is 0.890. The molecule has 5 nitrogen and oxygen atoms in total. The smallest absolute Gasteiger partial charge is 0.142 e. The monoisotopic (exact) mass is 260 g/mol. The fourth-order valence-corrected chi connectivity index (χ4v) is 2.60. The summed E-state index contributed by atoms with van der Waals surface area (Å²) in [5, 5.41) is 4.59. The predicted octanol–water partition coefficient (Wildman–Crippen LogP) is 2.57. The van der Waals surface area contributed by atoms with E-state index in [-0.39, 0.29) is 0 Å². The van der Waals surface area contributed by atoms with Gasteiger partial charge in [0.25, 0.3) is 0 Å². The number of H-pyrrole nitrogens is 1. The van der Waals surface area contributed by atoms with E-state index < -0.39 is 0 Å². The second-order valence-corrected chi connectivity index (χ2v) is 5.48. The minimum Gasteiger partial charge on any atom is -0.378 e. The molecule has 102 valence electrons. The van der Waals surface area contributed by atoms with Crippen molar-refractivity contribution >= 4 is 16.9 Å². The largest absolute Gasteiger partial charge is 0.378 e. The highest BCUT2D eigenvalue weighted by molar-refractivity contribution is 5.86. The van der Waals surface area contributed by atoms with Crippen molar-refractivity contribution < 1.29 is 4.74 Å². The fourth-order valence-electron chi connectivity index (χ4n) is 2.60. The highest BCUT2D eigenvalue weighted by atomic mass is 16.5. The molecule has 0 bridgehead atoms. The molecule has 0 aliphatic carbocycles. The first-order valence-corrected chi connectivity index (χ1v) is 6.90.